The van der Waals surface area contributed by atoms with Crippen molar-refractivity contribution in [2.24, 2.45) is 5.73 Å². The number of halogens is 1. The highest BCUT2D eigenvalue weighted by atomic mass is 79.9. The fourth-order valence-electron chi connectivity index (χ4n) is 1.92. The minimum atomic E-state index is 0.217. The summed E-state index contributed by atoms with van der Waals surface area (Å²) in [5.74, 6) is 1.98. The van der Waals surface area contributed by atoms with Crippen LogP contribution >= 0.6 is 15.9 Å². The van der Waals surface area contributed by atoms with Crippen LogP contribution < -0.4 is 10.6 Å². The van der Waals surface area contributed by atoms with Crippen LogP contribution in [0.25, 0.3) is 11.6 Å². The van der Waals surface area contributed by atoms with Crippen LogP contribution in [0.1, 0.15) is 6.42 Å². The summed E-state index contributed by atoms with van der Waals surface area (Å²) >= 11 is 3.25. The Morgan fingerprint density at radius 1 is 1.53 bits per heavy atom. The number of hydrogen-bond donors (Lipinski definition) is 2. The lowest BCUT2D eigenvalue weighted by molar-refractivity contribution is 0.551. The molecular formula is C10H12BrN5O. The largest absolute Gasteiger partial charge is 0.446 e. The molecule has 1 aliphatic heterocycles. The zero-order chi connectivity index (χ0) is 11.8. The Morgan fingerprint density at radius 2 is 2.41 bits per heavy atom. The minimum Gasteiger partial charge on any atom is -0.446 e. The second-order valence-electron chi connectivity index (χ2n) is 4.08. The monoisotopic (exact) mass is 297 g/mol. The Morgan fingerprint density at radius 3 is 3.06 bits per heavy atom. The molecule has 1 fully saturated rings. The van der Waals surface area contributed by atoms with E-state index in [4.69, 9.17) is 10.2 Å². The zero-order valence-electron chi connectivity index (χ0n) is 9.06. The molecule has 0 radical (unpaired) electrons. The lowest BCUT2D eigenvalue weighted by atomic mass is 10.3. The summed E-state index contributed by atoms with van der Waals surface area (Å²) in [5.41, 5.74) is 5.85. The Bertz CT molecular complexity index is 522. The lowest BCUT2D eigenvalue weighted by Gasteiger charge is -2.11. The average Bonchev–Trinajstić information content (AvgIpc) is 2.96. The van der Waals surface area contributed by atoms with E-state index in [1.54, 1.807) is 0 Å². The van der Waals surface area contributed by atoms with Crippen LogP contribution in [-0.4, -0.2) is 34.3 Å². The van der Waals surface area contributed by atoms with Gasteiger partial charge in [0.1, 0.15) is 0 Å². The summed E-state index contributed by atoms with van der Waals surface area (Å²) in [6.45, 7) is 1.71. The molecule has 0 aliphatic carbocycles. The van der Waals surface area contributed by atoms with Crippen LogP contribution in [0.3, 0.4) is 0 Å². The Hall–Kier alpha value is -1.34. The van der Waals surface area contributed by atoms with Gasteiger partial charge in [0.25, 0.3) is 0 Å². The van der Waals surface area contributed by atoms with Gasteiger partial charge in [-0.1, -0.05) is 0 Å². The molecule has 1 aliphatic rings. The molecule has 0 aromatic carbocycles. The summed E-state index contributed by atoms with van der Waals surface area (Å²) in [6.07, 6.45) is 0.982. The first kappa shape index (κ1) is 10.8. The van der Waals surface area contributed by atoms with Crippen LogP contribution in [0.15, 0.2) is 21.2 Å². The van der Waals surface area contributed by atoms with Crippen molar-refractivity contribution in [3.63, 3.8) is 0 Å². The number of anilines is 1. The van der Waals surface area contributed by atoms with E-state index in [2.05, 4.69) is 36.0 Å². The zero-order valence-corrected chi connectivity index (χ0v) is 10.6. The minimum absolute atomic E-state index is 0.217. The van der Waals surface area contributed by atoms with Gasteiger partial charge in [0, 0.05) is 19.1 Å². The van der Waals surface area contributed by atoms with Crippen molar-refractivity contribution in [3.05, 3.63) is 16.8 Å². The number of H-pyrrole nitrogens is 1. The topological polar surface area (TPSA) is 84.0 Å². The second kappa shape index (κ2) is 4.15. The Kier molecular flexibility index (Phi) is 2.64. The second-order valence-corrected chi connectivity index (χ2v) is 4.86. The molecule has 0 bridgehead atoms. The molecular weight excluding hydrogens is 286 g/mol. The van der Waals surface area contributed by atoms with E-state index < -0.39 is 0 Å². The highest BCUT2D eigenvalue weighted by Crippen LogP contribution is 2.24. The van der Waals surface area contributed by atoms with E-state index >= 15 is 0 Å². The van der Waals surface area contributed by atoms with Crippen molar-refractivity contribution in [1.82, 2.24) is 15.2 Å². The molecule has 0 amide bonds. The molecule has 1 unspecified atom stereocenters. The number of rotatable bonds is 2. The molecule has 7 heteroatoms. The number of aromatic nitrogens is 3. The van der Waals surface area contributed by atoms with Crippen molar-refractivity contribution in [3.8, 4) is 11.6 Å². The van der Waals surface area contributed by atoms with Gasteiger partial charge in [-0.05, 0) is 34.5 Å². The standard InChI is InChI=1S/C10H12BrN5O/c11-8-2-1-7(17-8)9-13-10(15-14-9)16-4-3-6(12)5-16/h1-2,6H,3-5,12H2,(H,13,14,15). The SMILES string of the molecule is NC1CCN(c2n[nH]c(-c3ccc(Br)o3)n2)C1. The number of aromatic amines is 1. The number of nitrogens with two attached hydrogens (primary N) is 1. The highest BCUT2D eigenvalue weighted by Gasteiger charge is 2.22. The third-order valence-corrected chi connectivity index (χ3v) is 3.21. The van der Waals surface area contributed by atoms with Gasteiger partial charge in [0.05, 0.1) is 0 Å². The molecule has 2 aromatic heterocycles. The van der Waals surface area contributed by atoms with Gasteiger partial charge in [-0.3, -0.25) is 5.10 Å². The first-order valence-electron chi connectivity index (χ1n) is 5.41. The normalized spacial score (nSPS) is 20.1. The van der Waals surface area contributed by atoms with Gasteiger partial charge in [-0.25, -0.2) is 0 Å². The van der Waals surface area contributed by atoms with Crippen LogP contribution in [0.5, 0.6) is 0 Å². The van der Waals surface area contributed by atoms with E-state index in [0.29, 0.717) is 22.2 Å². The van der Waals surface area contributed by atoms with E-state index in [1.807, 2.05) is 12.1 Å². The van der Waals surface area contributed by atoms with Gasteiger partial charge in [-0.15, -0.1) is 5.10 Å². The molecule has 17 heavy (non-hydrogen) atoms. The van der Waals surface area contributed by atoms with Crippen molar-refractivity contribution in [1.29, 1.82) is 0 Å². The molecule has 0 saturated carbocycles. The first-order chi connectivity index (χ1) is 8.22. The van der Waals surface area contributed by atoms with Crippen molar-refractivity contribution in [2.45, 2.75) is 12.5 Å². The van der Waals surface area contributed by atoms with Crippen molar-refractivity contribution in [2.75, 3.05) is 18.0 Å². The maximum Gasteiger partial charge on any atom is 0.245 e. The van der Waals surface area contributed by atoms with Gasteiger partial charge in [-0.2, -0.15) is 4.98 Å². The smallest absolute Gasteiger partial charge is 0.245 e. The molecule has 1 atom stereocenters. The van der Waals surface area contributed by atoms with Gasteiger partial charge >= 0.3 is 0 Å². The summed E-state index contributed by atoms with van der Waals surface area (Å²) in [4.78, 5) is 6.47. The number of nitrogens with one attached hydrogen (secondary N) is 1. The van der Waals surface area contributed by atoms with Crippen LogP contribution in [0, 0.1) is 0 Å². The predicted octanol–water partition coefficient (Wildman–Crippen LogP) is 1.36. The maximum absolute atomic E-state index is 5.85. The summed E-state index contributed by atoms with van der Waals surface area (Å²) in [6, 6.07) is 3.88. The molecule has 90 valence electrons. The van der Waals surface area contributed by atoms with Crippen molar-refractivity contribution >= 4 is 21.9 Å². The van der Waals surface area contributed by atoms with E-state index in [0.717, 1.165) is 19.5 Å². The van der Waals surface area contributed by atoms with Crippen molar-refractivity contribution < 1.29 is 4.42 Å². The lowest BCUT2D eigenvalue weighted by Crippen LogP contribution is -2.26. The third kappa shape index (κ3) is 2.07. The van der Waals surface area contributed by atoms with Crippen LogP contribution in [0.4, 0.5) is 5.95 Å². The number of furan rings is 1. The van der Waals surface area contributed by atoms with Crippen LogP contribution in [0.2, 0.25) is 0 Å². The highest BCUT2D eigenvalue weighted by molar-refractivity contribution is 9.10. The first-order valence-corrected chi connectivity index (χ1v) is 6.20. The molecule has 3 heterocycles. The van der Waals surface area contributed by atoms with E-state index in [9.17, 15) is 0 Å². The van der Waals surface area contributed by atoms with Gasteiger partial charge in [0.15, 0.2) is 16.3 Å². The van der Waals surface area contributed by atoms with E-state index in [-0.39, 0.29) is 6.04 Å². The quantitative estimate of drug-likeness (QED) is 0.874. The molecule has 1 saturated heterocycles. The Balaban J connectivity index is 1.83. The predicted molar refractivity (Wildman–Crippen MR) is 66.6 cm³/mol. The molecule has 0 spiro atoms. The fraction of sp³-hybridized carbons (Fsp3) is 0.400. The Labute approximate surface area is 106 Å². The summed E-state index contributed by atoms with van der Waals surface area (Å²) in [5, 5.41) is 7.05. The summed E-state index contributed by atoms with van der Waals surface area (Å²) < 4.78 is 6.08. The van der Waals surface area contributed by atoms with E-state index in [1.165, 1.54) is 0 Å². The average molecular weight is 298 g/mol. The number of hydrogen-bond acceptors (Lipinski definition) is 5. The molecule has 3 rings (SSSR count). The third-order valence-electron chi connectivity index (χ3n) is 2.79. The molecule has 6 nitrogen and oxygen atoms in total. The summed E-state index contributed by atoms with van der Waals surface area (Å²) in [7, 11) is 0. The maximum atomic E-state index is 5.85. The van der Waals surface area contributed by atoms with Gasteiger partial charge < -0.3 is 15.1 Å². The number of nitrogens with zero attached hydrogens (tertiary/aromatic N) is 3. The van der Waals surface area contributed by atoms with Crippen LogP contribution in [-0.2, 0) is 0 Å². The fourth-order valence-corrected chi connectivity index (χ4v) is 2.22. The molecule has 2 aromatic rings. The molecule has 3 N–H and O–H groups in total. The van der Waals surface area contributed by atoms with Gasteiger partial charge in [0.2, 0.25) is 5.95 Å².